The van der Waals surface area contributed by atoms with Crippen LogP contribution in [0.4, 0.5) is 0 Å². The second kappa shape index (κ2) is 5.31. The molecule has 0 unspecified atom stereocenters. The van der Waals surface area contributed by atoms with Gasteiger partial charge < -0.3 is 5.73 Å². The molecule has 0 spiro atoms. The lowest BCUT2D eigenvalue weighted by molar-refractivity contribution is 1.07. The number of aryl methyl sites for hydroxylation is 2. The summed E-state index contributed by atoms with van der Waals surface area (Å²) in [5, 5.41) is 1.44. The molecule has 0 aliphatic heterocycles. The molecule has 0 fully saturated rings. The standard InChI is InChI=1S/C15H15Cl2N/c1-9-5-14(15(17)6-10(9)2)13-4-3-12(16)7-11(13)8-18/h3-7H,8,18H2,1-2H3. The van der Waals surface area contributed by atoms with Gasteiger partial charge in [0, 0.05) is 22.2 Å². The molecule has 0 bridgehead atoms. The van der Waals surface area contributed by atoms with Gasteiger partial charge in [-0.15, -0.1) is 0 Å². The fourth-order valence-electron chi connectivity index (χ4n) is 1.98. The summed E-state index contributed by atoms with van der Waals surface area (Å²) < 4.78 is 0. The van der Waals surface area contributed by atoms with Gasteiger partial charge in [0.15, 0.2) is 0 Å². The quantitative estimate of drug-likeness (QED) is 0.845. The van der Waals surface area contributed by atoms with Crippen molar-refractivity contribution in [1.29, 1.82) is 0 Å². The highest BCUT2D eigenvalue weighted by Gasteiger charge is 2.10. The van der Waals surface area contributed by atoms with Crippen LogP contribution in [0.3, 0.4) is 0 Å². The molecule has 0 saturated heterocycles. The summed E-state index contributed by atoms with van der Waals surface area (Å²) >= 11 is 12.3. The van der Waals surface area contributed by atoms with E-state index in [0.29, 0.717) is 11.6 Å². The van der Waals surface area contributed by atoms with Gasteiger partial charge in [-0.2, -0.15) is 0 Å². The third-order valence-electron chi connectivity index (χ3n) is 3.16. The molecule has 0 aliphatic carbocycles. The maximum atomic E-state index is 6.33. The van der Waals surface area contributed by atoms with Gasteiger partial charge >= 0.3 is 0 Å². The molecule has 0 radical (unpaired) electrons. The molecule has 0 heterocycles. The molecule has 0 amide bonds. The molecule has 2 aromatic rings. The first-order valence-electron chi connectivity index (χ1n) is 5.78. The number of nitrogens with two attached hydrogens (primary N) is 1. The summed E-state index contributed by atoms with van der Waals surface area (Å²) in [6.45, 7) is 4.57. The monoisotopic (exact) mass is 279 g/mol. The van der Waals surface area contributed by atoms with E-state index in [1.165, 1.54) is 11.1 Å². The summed E-state index contributed by atoms with van der Waals surface area (Å²) in [4.78, 5) is 0. The molecule has 2 aromatic carbocycles. The van der Waals surface area contributed by atoms with Crippen molar-refractivity contribution in [3.63, 3.8) is 0 Å². The van der Waals surface area contributed by atoms with E-state index in [1.807, 2.05) is 24.3 Å². The summed E-state index contributed by atoms with van der Waals surface area (Å²) in [6, 6.07) is 9.81. The minimum Gasteiger partial charge on any atom is -0.326 e. The van der Waals surface area contributed by atoms with Crippen molar-refractivity contribution in [3.8, 4) is 11.1 Å². The molecule has 1 nitrogen and oxygen atoms in total. The Morgan fingerprint density at radius 3 is 2.28 bits per heavy atom. The summed E-state index contributed by atoms with van der Waals surface area (Å²) in [5.74, 6) is 0. The van der Waals surface area contributed by atoms with Crippen LogP contribution < -0.4 is 5.73 Å². The van der Waals surface area contributed by atoms with Crippen LogP contribution in [-0.2, 0) is 6.54 Å². The SMILES string of the molecule is Cc1cc(Cl)c(-c2ccc(Cl)cc2CN)cc1C. The van der Waals surface area contributed by atoms with E-state index in [1.54, 1.807) is 0 Å². The van der Waals surface area contributed by atoms with Gasteiger partial charge in [-0.1, -0.05) is 29.3 Å². The van der Waals surface area contributed by atoms with Gasteiger partial charge in [0.2, 0.25) is 0 Å². The van der Waals surface area contributed by atoms with Crippen molar-refractivity contribution in [1.82, 2.24) is 0 Å². The number of halogens is 2. The molecule has 18 heavy (non-hydrogen) atoms. The fraction of sp³-hybridized carbons (Fsp3) is 0.200. The van der Waals surface area contributed by atoms with Crippen molar-refractivity contribution >= 4 is 23.2 Å². The molecule has 0 saturated carbocycles. The average Bonchev–Trinajstić information content (AvgIpc) is 2.34. The van der Waals surface area contributed by atoms with Crippen LogP contribution in [0.1, 0.15) is 16.7 Å². The van der Waals surface area contributed by atoms with Crippen molar-refractivity contribution in [2.45, 2.75) is 20.4 Å². The number of hydrogen-bond donors (Lipinski definition) is 1. The highest BCUT2D eigenvalue weighted by molar-refractivity contribution is 6.33. The molecule has 94 valence electrons. The second-order valence-electron chi connectivity index (χ2n) is 4.42. The predicted molar refractivity (Wildman–Crippen MR) is 79.3 cm³/mol. The van der Waals surface area contributed by atoms with Crippen LogP contribution in [-0.4, -0.2) is 0 Å². The van der Waals surface area contributed by atoms with Gasteiger partial charge in [-0.3, -0.25) is 0 Å². The zero-order valence-corrected chi connectivity index (χ0v) is 11.9. The average molecular weight is 280 g/mol. The Morgan fingerprint density at radius 1 is 0.944 bits per heavy atom. The summed E-state index contributed by atoms with van der Waals surface area (Å²) in [5.41, 5.74) is 11.2. The summed E-state index contributed by atoms with van der Waals surface area (Å²) in [6.07, 6.45) is 0. The third-order valence-corrected chi connectivity index (χ3v) is 3.71. The van der Waals surface area contributed by atoms with E-state index in [2.05, 4.69) is 19.9 Å². The Balaban J connectivity index is 2.65. The normalized spacial score (nSPS) is 10.7. The lowest BCUT2D eigenvalue weighted by atomic mass is 9.96. The highest BCUT2D eigenvalue weighted by Crippen LogP contribution is 2.33. The second-order valence-corrected chi connectivity index (χ2v) is 5.27. The first-order valence-corrected chi connectivity index (χ1v) is 6.54. The zero-order valence-electron chi connectivity index (χ0n) is 10.4. The van der Waals surface area contributed by atoms with Gasteiger partial charge in [0.1, 0.15) is 0 Å². The molecule has 2 rings (SSSR count). The Bertz CT molecular complexity index is 591. The molecular formula is C15H15Cl2N. The van der Waals surface area contributed by atoms with Crippen molar-refractivity contribution < 1.29 is 0 Å². The Morgan fingerprint density at radius 2 is 1.61 bits per heavy atom. The van der Waals surface area contributed by atoms with E-state index < -0.39 is 0 Å². The first-order chi connectivity index (χ1) is 8.52. The van der Waals surface area contributed by atoms with Crippen LogP contribution in [0.5, 0.6) is 0 Å². The van der Waals surface area contributed by atoms with Gasteiger partial charge in [-0.05, 0) is 60.4 Å². The molecule has 2 N–H and O–H groups in total. The van der Waals surface area contributed by atoms with Crippen LogP contribution in [0.2, 0.25) is 10.0 Å². The van der Waals surface area contributed by atoms with Crippen LogP contribution >= 0.6 is 23.2 Å². The van der Waals surface area contributed by atoms with E-state index >= 15 is 0 Å². The lowest BCUT2D eigenvalue weighted by Crippen LogP contribution is -1.99. The maximum Gasteiger partial charge on any atom is 0.0487 e. The zero-order chi connectivity index (χ0) is 13.3. The Kier molecular flexibility index (Phi) is 3.96. The van der Waals surface area contributed by atoms with Crippen molar-refractivity contribution in [3.05, 3.63) is 57.1 Å². The van der Waals surface area contributed by atoms with Crippen molar-refractivity contribution in [2.24, 2.45) is 5.73 Å². The molecule has 0 aliphatic rings. The number of benzene rings is 2. The summed E-state index contributed by atoms with van der Waals surface area (Å²) in [7, 11) is 0. The highest BCUT2D eigenvalue weighted by atomic mass is 35.5. The van der Waals surface area contributed by atoms with E-state index in [-0.39, 0.29) is 0 Å². The smallest absolute Gasteiger partial charge is 0.0487 e. The largest absolute Gasteiger partial charge is 0.326 e. The minimum atomic E-state index is 0.444. The van der Waals surface area contributed by atoms with Crippen LogP contribution in [0.15, 0.2) is 30.3 Å². The minimum absolute atomic E-state index is 0.444. The van der Waals surface area contributed by atoms with Gasteiger partial charge in [0.05, 0.1) is 0 Å². The predicted octanol–water partition coefficient (Wildman–Crippen LogP) is 4.74. The lowest BCUT2D eigenvalue weighted by Gasteiger charge is -2.12. The van der Waals surface area contributed by atoms with E-state index in [4.69, 9.17) is 28.9 Å². The first kappa shape index (κ1) is 13.4. The molecule has 0 atom stereocenters. The van der Waals surface area contributed by atoms with Crippen molar-refractivity contribution in [2.75, 3.05) is 0 Å². The molecular weight excluding hydrogens is 265 g/mol. The topological polar surface area (TPSA) is 26.0 Å². The fourth-order valence-corrected chi connectivity index (χ4v) is 2.50. The number of rotatable bonds is 2. The Labute approximate surface area is 118 Å². The van der Waals surface area contributed by atoms with Gasteiger partial charge in [0.25, 0.3) is 0 Å². The van der Waals surface area contributed by atoms with Crippen LogP contribution in [0.25, 0.3) is 11.1 Å². The Hall–Kier alpha value is -1.02. The van der Waals surface area contributed by atoms with E-state index in [0.717, 1.165) is 21.7 Å². The van der Waals surface area contributed by atoms with Gasteiger partial charge in [-0.25, -0.2) is 0 Å². The number of hydrogen-bond acceptors (Lipinski definition) is 1. The third kappa shape index (κ3) is 2.54. The molecule has 0 aromatic heterocycles. The maximum absolute atomic E-state index is 6.33. The van der Waals surface area contributed by atoms with E-state index in [9.17, 15) is 0 Å². The molecule has 3 heteroatoms. The van der Waals surface area contributed by atoms with Crippen LogP contribution in [0, 0.1) is 13.8 Å².